The second kappa shape index (κ2) is 30.9. The van der Waals surface area contributed by atoms with Crippen molar-refractivity contribution in [2.75, 3.05) is 0 Å². The molecule has 0 atom stereocenters. The number of benzene rings is 5. The zero-order valence-electron chi connectivity index (χ0n) is 76.9. The lowest BCUT2D eigenvalue weighted by Crippen LogP contribution is -2.40. The standard InChI is InChI=1S/C25H27N3.2C25H32N2.C18H21N3/c1-18-10-6-7-13-21(18)22-14-9-15-23(27(22)5)25-26(4)16-17-28(25)24-19(2)11-8-12-20(24)3;2*1-15-11-22(26(8)13-19(15)5)24-17(3)10-18(4)25(21(24)7)23-12-16(2)20(6)14-27(23)9;1-14-8-5-6-9-15(14)16-10-7-11-17(21(16)4)18-19(2)12-13-20(18)3/h6-17H,1-5H3;2*10-14H,1-9H3;5-13H,1-4H3/q4*+2/i2D3;1D3,3D3,6D3;;. The van der Waals surface area contributed by atoms with Gasteiger partial charge in [-0.25, -0.2) is 32.0 Å². The monoisotopic (exact) mass is 1380 g/mol. The minimum Gasteiger partial charge on any atom is -0.227 e. The van der Waals surface area contributed by atoms with Gasteiger partial charge in [0.2, 0.25) is 34.2 Å². The Morgan fingerprint density at radius 3 is 1.05 bits per heavy atom. The first-order valence-corrected chi connectivity index (χ1v) is 35.2. The molecule has 0 radical (unpaired) electrons. The minimum absolute atomic E-state index is 0.135. The fourth-order valence-electron chi connectivity index (χ4n) is 14.7. The molecule has 13 rings (SSSR count). The quantitative estimate of drug-likeness (QED) is 0.129. The molecule has 13 aromatic rings. The highest BCUT2D eigenvalue weighted by molar-refractivity contribution is 5.80. The highest BCUT2D eigenvalue weighted by Crippen LogP contribution is 2.38. The van der Waals surface area contributed by atoms with E-state index in [9.17, 15) is 0 Å². The Morgan fingerprint density at radius 1 is 0.272 bits per heavy atom. The Labute approximate surface area is 632 Å². The Balaban J connectivity index is 0.000000165. The van der Waals surface area contributed by atoms with Crippen LogP contribution in [0.5, 0.6) is 0 Å². The van der Waals surface area contributed by atoms with Crippen LogP contribution in [0.15, 0.2) is 189 Å². The van der Waals surface area contributed by atoms with E-state index in [0.29, 0.717) is 39.2 Å². The Hall–Kier alpha value is -10.6. The van der Waals surface area contributed by atoms with Crippen LogP contribution in [0.4, 0.5) is 0 Å². The van der Waals surface area contributed by atoms with Crippen LogP contribution in [-0.2, 0) is 63.4 Å². The normalized spacial score (nSPS) is 13.3. The van der Waals surface area contributed by atoms with Gasteiger partial charge in [-0.3, -0.25) is 0 Å². The number of hydrogen-bond acceptors (Lipinski definition) is 0. The summed E-state index contributed by atoms with van der Waals surface area (Å²) in [4.78, 5) is 0. The van der Waals surface area contributed by atoms with Gasteiger partial charge < -0.3 is 0 Å². The third-order valence-corrected chi connectivity index (χ3v) is 20.6. The van der Waals surface area contributed by atoms with Crippen molar-refractivity contribution in [3.63, 3.8) is 0 Å². The first-order chi connectivity index (χ1) is 53.6. The zero-order valence-corrected chi connectivity index (χ0v) is 64.9. The van der Waals surface area contributed by atoms with Crippen LogP contribution in [-0.4, -0.2) is 9.13 Å². The van der Waals surface area contributed by atoms with Gasteiger partial charge in [-0.05, 0) is 226 Å². The zero-order chi connectivity index (χ0) is 84.9. The SMILES string of the molecule is Cc1cc(-c2c(C)cc(C)c(-c3cc(C)c(C)c[n+]3C)c2C)[n+](C)cc1C.Cc1ccccc1-c1cccc(-c2n(C)cc[n+]2C)[n+]1C.[2H]C([2H])([2H])c1cc(-c2c(C([2H])([2H])[2H])cc(C)c(-c3cc(C)c(C([2H])([2H])[2H])c[n+]3C)c2C)[n+](C)cc1C.[2H]C([2H])([2H])c1cccc(C)c1-n1cc[n+](C)c1-c1cccc(-c2ccccc2C)[n+]1C. The van der Waals surface area contributed by atoms with Gasteiger partial charge in [-0.2, -0.15) is 13.7 Å². The fourth-order valence-corrected chi connectivity index (χ4v) is 14.7. The van der Waals surface area contributed by atoms with Crippen molar-refractivity contribution >= 4 is 0 Å². The molecule has 103 heavy (non-hydrogen) atoms. The van der Waals surface area contributed by atoms with Gasteiger partial charge in [-0.15, -0.1) is 0 Å². The van der Waals surface area contributed by atoms with Crippen LogP contribution in [0.2, 0.25) is 0 Å². The molecule has 0 aliphatic rings. The van der Waals surface area contributed by atoms with Crippen molar-refractivity contribution in [3.8, 4) is 96.3 Å². The summed E-state index contributed by atoms with van der Waals surface area (Å²) in [6, 6.07) is 47.0. The van der Waals surface area contributed by atoms with Crippen LogP contribution < -0.4 is 36.5 Å². The molecule has 0 saturated heterocycles. The maximum Gasteiger partial charge on any atom is 0.359 e. The third-order valence-electron chi connectivity index (χ3n) is 20.6. The highest BCUT2D eigenvalue weighted by atomic mass is 15.2. The second-order valence-corrected chi connectivity index (χ2v) is 28.3. The van der Waals surface area contributed by atoms with Crippen molar-refractivity contribution in [2.24, 2.45) is 63.4 Å². The van der Waals surface area contributed by atoms with E-state index in [0.717, 1.165) is 39.6 Å². The Kier molecular flexibility index (Phi) is 18.0. The molecule has 0 saturated carbocycles. The number of aryl methyl sites for hydroxylation is 23. The molecule has 10 nitrogen and oxygen atoms in total. The van der Waals surface area contributed by atoms with Gasteiger partial charge in [0.05, 0.1) is 43.4 Å². The van der Waals surface area contributed by atoms with Crippen molar-refractivity contribution in [1.82, 2.24) is 9.13 Å². The van der Waals surface area contributed by atoms with Gasteiger partial charge in [0, 0.05) is 98.4 Å². The molecule has 0 aliphatic heterocycles. The summed E-state index contributed by atoms with van der Waals surface area (Å²) in [5, 5.41) is 0. The molecule has 0 aliphatic carbocycles. The van der Waals surface area contributed by atoms with Gasteiger partial charge in [-0.1, -0.05) is 66.7 Å². The van der Waals surface area contributed by atoms with Crippen molar-refractivity contribution < 1.29 is 53.0 Å². The first-order valence-electron chi connectivity index (χ1n) is 41.2. The molecular weight excluding hydrogens is 1260 g/mol. The largest absolute Gasteiger partial charge is 0.359 e. The molecule has 526 valence electrons. The van der Waals surface area contributed by atoms with Crippen molar-refractivity contribution in [3.05, 3.63) is 289 Å². The summed E-state index contributed by atoms with van der Waals surface area (Å²) in [5.74, 6) is 2.10. The smallest absolute Gasteiger partial charge is 0.227 e. The molecule has 8 heterocycles. The number of para-hydroxylation sites is 1. The molecule has 0 amide bonds. The van der Waals surface area contributed by atoms with E-state index in [4.69, 9.17) is 16.4 Å². The van der Waals surface area contributed by atoms with E-state index in [2.05, 4.69) is 248 Å². The van der Waals surface area contributed by atoms with E-state index in [1.165, 1.54) is 101 Å². The summed E-state index contributed by atoms with van der Waals surface area (Å²) < 4.78 is 117. The third kappa shape index (κ3) is 15.2. The average molecular weight is 1380 g/mol. The lowest BCUT2D eigenvalue weighted by atomic mass is 9.88. The van der Waals surface area contributed by atoms with Crippen LogP contribution in [0.1, 0.15) is 117 Å². The van der Waals surface area contributed by atoms with Crippen LogP contribution >= 0.6 is 0 Å². The van der Waals surface area contributed by atoms with Crippen molar-refractivity contribution in [1.29, 1.82) is 0 Å². The molecule has 0 fully saturated rings. The number of pyridine rings is 6. The lowest BCUT2D eigenvalue weighted by molar-refractivity contribution is -0.685. The summed E-state index contributed by atoms with van der Waals surface area (Å²) in [6.07, 6.45) is 15.8. The molecule has 10 heteroatoms. The van der Waals surface area contributed by atoms with Gasteiger partial charge >= 0.3 is 11.6 Å². The summed E-state index contributed by atoms with van der Waals surface area (Å²) in [6.45, 7) is 19.6. The van der Waals surface area contributed by atoms with Crippen LogP contribution in [0.3, 0.4) is 0 Å². The van der Waals surface area contributed by atoms with Gasteiger partial charge in [0.25, 0.3) is 11.4 Å². The predicted octanol–water partition coefficient (Wildman–Crippen LogP) is 16.4. The Morgan fingerprint density at radius 2 is 0.612 bits per heavy atom. The van der Waals surface area contributed by atoms with Gasteiger partial charge in [0.15, 0.2) is 24.8 Å². The molecular formula is C93H112N10+8. The number of nitrogens with zero attached hydrogens (tertiary/aromatic N) is 10. The van der Waals surface area contributed by atoms with E-state index in [1.54, 1.807) is 73.7 Å². The van der Waals surface area contributed by atoms with E-state index in [1.807, 2.05) is 73.6 Å². The number of aromatic nitrogens is 10. The number of hydrogen-bond donors (Lipinski definition) is 0. The first kappa shape index (κ1) is 60.0. The van der Waals surface area contributed by atoms with Crippen LogP contribution in [0, 0.1) is 124 Å². The summed E-state index contributed by atoms with van der Waals surface area (Å²) >= 11 is 0. The molecule has 0 spiro atoms. The van der Waals surface area contributed by atoms with Gasteiger partial charge in [0.1, 0.15) is 72.8 Å². The fraction of sp³-hybridized carbons (Fsp3) is 0.290. The maximum absolute atomic E-state index is 8.24. The topological polar surface area (TPSA) is 40.9 Å². The number of rotatable bonds is 9. The van der Waals surface area contributed by atoms with Crippen molar-refractivity contribution in [2.45, 2.75) is 124 Å². The van der Waals surface area contributed by atoms with E-state index in [-0.39, 0.29) is 16.7 Å². The summed E-state index contributed by atoms with van der Waals surface area (Å²) in [5.41, 5.74) is 31.6. The summed E-state index contributed by atoms with van der Waals surface area (Å²) in [7, 11) is 18.2. The molecule has 0 unspecified atom stereocenters. The number of imidazole rings is 2. The molecule has 5 aromatic carbocycles. The molecule has 0 bridgehead atoms. The van der Waals surface area contributed by atoms with Crippen LogP contribution in [0.25, 0.3) is 96.3 Å². The predicted molar refractivity (Wildman–Crippen MR) is 422 cm³/mol. The highest BCUT2D eigenvalue weighted by Gasteiger charge is 2.32. The van der Waals surface area contributed by atoms with E-state index < -0.39 is 27.4 Å². The lowest BCUT2D eigenvalue weighted by Gasteiger charge is -2.16. The molecule has 8 aromatic heterocycles. The second-order valence-electron chi connectivity index (χ2n) is 28.3. The van der Waals surface area contributed by atoms with E-state index >= 15 is 0 Å². The minimum atomic E-state index is -2.44. The maximum atomic E-state index is 8.24. The molecule has 0 N–H and O–H groups in total. The average Bonchev–Trinajstić information content (AvgIpc) is 1.63. The Bertz CT molecular complexity index is 5810.